The van der Waals surface area contributed by atoms with Crippen LogP contribution in [-0.4, -0.2) is 6.54 Å². The van der Waals surface area contributed by atoms with Gasteiger partial charge in [-0.1, -0.05) is 25.8 Å². The third-order valence-corrected chi connectivity index (χ3v) is 2.71. The first kappa shape index (κ1) is 12.9. The minimum absolute atomic E-state index is 0. The Kier molecular flexibility index (Phi) is 8.51. The Labute approximate surface area is 91.0 Å². The van der Waals surface area contributed by atoms with E-state index in [0.717, 1.165) is 13.1 Å². The third kappa shape index (κ3) is 6.08. The molecular weight excluding hydrogens is 202 g/mol. The van der Waals surface area contributed by atoms with Crippen molar-refractivity contribution < 1.29 is 0 Å². The molecule has 0 unspecified atom stereocenters. The van der Waals surface area contributed by atoms with E-state index in [0.29, 0.717) is 0 Å². The zero-order valence-electron chi connectivity index (χ0n) is 8.08. The number of thiophene rings is 1. The molecule has 1 nitrogen and oxygen atoms in total. The summed E-state index contributed by atoms with van der Waals surface area (Å²) in [4.78, 5) is 1.44. The van der Waals surface area contributed by atoms with Gasteiger partial charge in [0, 0.05) is 11.4 Å². The van der Waals surface area contributed by atoms with Crippen LogP contribution < -0.4 is 5.32 Å². The van der Waals surface area contributed by atoms with Crippen LogP contribution in [0.2, 0.25) is 0 Å². The number of hydrogen-bond donors (Lipinski definition) is 1. The van der Waals surface area contributed by atoms with Crippen molar-refractivity contribution in [3.63, 3.8) is 0 Å². The molecule has 1 rings (SSSR count). The summed E-state index contributed by atoms with van der Waals surface area (Å²) in [7, 11) is 0. The summed E-state index contributed by atoms with van der Waals surface area (Å²) < 4.78 is 0. The van der Waals surface area contributed by atoms with Crippen LogP contribution in [0.3, 0.4) is 0 Å². The van der Waals surface area contributed by atoms with E-state index in [9.17, 15) is 0 Å². The van der Waals surface area contributed by atoms with Gasteiger partial charge in [0.05, 0.1) is 0 Å². The smallest absolute Gasteiger partial charge is 0.0299 e. The zero-order valence-corrected chi connectivity index (χ0v) is 9.72. The molecule has 0 spiro atoms. The van der Waals surface area contributed by atoms with Crippen LogP contribution in [0.1, 0.15) is 31.1 Å². The lowest BCUT2D eigenvalue weighted by atomic mass is 10.2. The second-order valence-electron chi connectivity index (χ2n) is 2.96. The summed E-state index contributed by atoms with van der Waals surface area (Å²) in [6.45, 7) is 4.44. The topological polar surface area (TPSA) is 12.0 Å². The van der Waals surface area contributed by atoms with Crippen LogP contribution in [0.25, 0.3) is 0 Å². The largest absolute Gasteiger partial charge is 0.312 e. The lowest BCUT2D eigenvalue weighted by molar-refractivity contribution is 0.620. The Balaban J connectivity index is 0.00000144. The highest BCUT2D eigenvalue weighted by Crippen LogP contribution is 2.07. The van der Waals surface area contributed by atoms with E-state index in [4.69, 9.17) is 0 Å². The molecule has 76 valence electrons. The molecule has 0 bridgehead atoms. The average Bonchev–Trinajstić information content (AvgIpc) is 2.57. The summed E-state index contributed by atoms with van der Waals surface area (Å²) >= 11 is 1.82. The molecule has 13 heavy (non-hydrogen) atoms. The van der Waals surface area contributed by atoms with Crippen LogP contribution >= 0.6 is 23.7 Å². The maximum Gasteiger partial charge on any atom is 0.0299 e. The molecule has 1 N–H and O–H groups in total. The number of halogens is 1. The van der Waals surface area contributed by atoms with E-state index >= 15 is 0 Å². The van der Waals surface area contributed by atoms with Crippen LogP contribution in [0.4, 0.5) is 0 Å². The molecule has 3 heteroatoms. The summed E-state index contributed by atoms with van der Waals surface area (Å²) in [5, 5.41) is 5.56. The second kappa shape index (κ2) is 8.54. The Morgan fingerprint density at radius 1 is 1.38 bits per heavy atom. The molecule has 0 aromatic carbocycles. The lowest BCUT2D eigenvalue weighted by Gasteiger charge is -2.00. The van der Waals surface area contributed by atoms with Crippen molar-refractivity contribution in [2.45, 2.75) is 32.7 Å². The van der Waals surface area contributed by atoms with E-state index in [-0.39, 0.29) is 12.4 Å². The highest BCUT2D eigenvalue weighted by molar-refractivity contribution is 7.09. The van der Waals surface area contributed by atoms with Crippen molar-refractivity contribution in [1.29, 1.82) is 0 Å². The van der Waals surface area contributed by atoms with Gasteiger partial charge in [0.1, 0.15) is 0 Å². The number of hydrogen-bond acceptors (Lipinski definition) is 2. The first-order valence-corrected chi connectivity index (χ1v) is 5.54. The predicted octanol–water partition coefficient (Wildman–Crippen LogP) is 3.45. The van der Waals surface area contributed by atoms with Gasteiger partial charge in [0.15, 0.2) is 0 Å². The van der Waals surface area contributed by atoms with Crippen LogP contribution in [0.15, 0.2) is 17.5 Å². The fourth-order valence-corrected chi connectivity index (χ4v) is 1.80. The lowest BCUT2D eigenvalue weighted by Crippen LogP contribution is -2.13. The standard InChI is InChI=1S/C10H17NS.ClH/c1-2-3-4-7-11-9-10-6-5-8-12-10;/h5-6,8,11H,2-4,7,9H2,1H3;1H. The molecule has 0 saturated carbocycles. The third-order valence-electron chi connectivity index (χ3n) is 1.84. The molecule has 0 radical (unpaired) electrons. The van der Waals surface area contributed by atoms with Gasteiger partial charge in [-0.2, -0.15) is 0 Å². The molecule has 0 amide bonds. The van der Waals surface area contributed by atoms with E-state index in [1.54, 1.807) is 0 Å². The normalized spacial score (nSPS) is 9.62. The molecule has 1 aromatic rings. The van der Waals surface area contributed by atoms with E-state index in [2.05, 4.69) is 29.8 Å². The van der Waals surface area contributed by atoms with Gasteiger partial charge in [-0.25, -0.2) is 0 Å². The molecule has 0 aliphatic carbocycles. The van der Waals surface area contributed by atoms with E-state index in [1.165, 1.54) is 24.1 Å². The predicted molar refractivity (Wildman–Crippen MR) is 62.8 cm³/mol. The summed E-state index contributed by atoms with van der Waals surface area (Å²) in [6.07, 6.45) is 3.96. The van der Waals surface area contributed by atoms with E-state index in [1.807, 2.05) is 11.3 Å². The van der Waals surface area contributed by atoms with Crippen molar-refractivity contribution in [1.82, 2.24) is 5.32 Å². The van der Waals surface area contributed by atoms with Gasteiger partial charge in [-0.15, -0.1) is 23.7 Å². The van der Waals surface area contributed by atoms with Crippen LogP contribution in [0, 0.1) is 0 Å². The van der Waals surface area contributed by atoms with Gasteiger partial charge in [0.25, 0.3) is 0 Å². The van der Waals surface area contributed by atoms with Gasteiger partial charge >= 0.3 is 0 Å². The maximum absolute atomic E-state index is 3.43. The van der Waals surface area contributed by atoms with Crippen molar-refractivity contribution >= 4 is 23.7 Å². The molecule has 0 aliphatic rings. The molecule has 0 fully saturated rings. The Morgan fingerprint density at radius 3 is 2.85 bits per heavy atom. The quantitative estimate of drug-likeness (QED) is 0.723. The molecular formula is C10H18ClNS. The van der Waals surface area contributed by atoms with Gasteiger partial charge in [-0.05, 0) is 24.4 Å². The minimum Gasteiger partial charge on any atom is -0.312 e. The number of rotatable bonds is 6. The molecule has 1 aromatic heterocycles. The Bertz CT molecular complexity index is 187. The first-order chi connectivity index (χ1) is 5.93. The Morgan fingerprint density at radius 2 is 2.23 bits per heavy atom. The molecule has 0 saturated heterocycles. The fourth-order valence-electron chi connectivity index (χ4n) is 1.12. The van der Waals surface area contributed by atoms with Crippen molar-refractivity contribution in [2.24, 2.45) is 0 Å². The van der Waals surface area contributed by atoms with Crippen molar-refractivity contribution in [2.75, 3.05) is 6.54 Å². The maximum atomic E-state index is 3.43. The first-order valence-electron chi connectivity index (χ1n) is 4.66. The monoisotopic (exact) mass is 219 g/mol. The molecule has 0 atom stereocenters. The molecule has 0 aliphatic heterocycles. The number of nitrogens with one attached hydrogen (secondary N) is 1. The van der Waals surface area contributed by atoms with Gasteiger partial charge in [0.2, 0.25) is 0 Å². The summed E-state index contributed by atoms with van der Waals surface area (Å²) in [5.74, 6) is 0. The highest BCUT2D eigenvalue weighted by atomic mass is 35.5. The summed E-state index contributed by atoms with van der Waals surface area (Å²) in [5.41, 5.74) is 0. The highest BCUT2D eigenvalue weighted by Gasteiger charge is 1.91. The Hall–Kier alpha value is -0.0500. The minimum atomic E-state index is 0. The van der Waals surface area contributed by atoms with Crippen LogP contribution in [0.5, 0.6) is 0 Å². The fraction of sp³-hybridized carbons (Fsp3) is 0.600. The van der Waals surface area contributed by atoms with Gasteiger partial charge < -0.3 is 5.32 Å². The second-order valence-corrected chi connectivity index (χ2v) is 4.00. The SMILES string of the molecule is CCCCCNCc1cccs1.Cl. The van der Waals surface area contributed by atoms with Crippen molar-refractivity contribution in [3.05, 3.63) is 22.4 Å². The zero-order chi connectivity index (χ0) is 8.65. The van der Waals surface area contributed by atoms with E-state index < -0.39 is 0 Å². The average molecular weight is 220 g/mol. The van der Waals surface area contributed by atoms with Crippen LogP contribution in [-0.2, 0) is 6.54 Å². The molecule has 1 heterocycles. The number of unbranched alkanes of at least 4 members (excludes halogenated alkanes) is 2. The van der Waals surface area contributed by atoms with Crippen molar-refractivity contribution in [3.8, 4) is 0 Å². The van der Waals surface area contributed by atoms with Gasteiger partial charge in [-0.3, -0.25) is 0 Å². The summed E-state index contributed by atoms with van der Waals surface area (Å²) in [6, 6.07) is 4.28.